The molecule has 0 saturated carbocycles. The number of para-hydroxylation sites is 4. The Hall–Kier alpha value is -8.82. The Morgan fingerprint density at radius 2 is 0.929 bits per heavy atom. The van der Waals surface area contributed by atoms with Gasteiger partial charge in [-0.05, 0) is 95.2 Å². The van der Waals surface area contributed by atoms with Gasteiger partial charge in [0.05, 0.1) is 33.1 Å². The lowest BCUT2D eigenvalue weighted by atomic mass is 9.94. The molecule has 0 spiro atoms. The van der Waals surface area contributed by atoms with E-state index < -0.39 is 0 Å². The molecule has 70 heavy (non-hydrogen) atoms. The minimum atomic E-state index is 0.866. The van der Waals surface area contributed by atoms with Crippen molar-refractivity contribution in [3.05, 3.63) is 182 Å². The van der Waals surface area contributed by atoms with E-state index in [1.54, 1.807) is 0 Å². The van der Waals surface area contributed by atoms with Gasteiger partial charge in [0.15, 0.2) is 0 Å². The molecule has 6 nitrogen and oxygen atoms in total. The summed E-state index contributed by atoms with van der Waals surface area (Å²) in [7, 11) is 0. The summed E-state index contributed by atoms with van der Waals surface area (Å²) in [6.45, 7) is 0. The summed E-state index contributed by atoms with van der Waals surface area (Å²) in [6.07, 6.45) is 0. The molecule has 0 saturated heterocycles. The maximum atomic E-state index is 6.63. The second-order valence-electron chi connectivity index (χ2n) is 18.8. The Morgan fingerprint density at radius 1 is 0.329 bits per heavy atom. The molecular formula is C62H30N4O2S2. The van der Waals surface area contributed by atoms with E-state index >= 15 is 0 Å². The van der Waals surface area contributed by atoms with Crippen molar-refractivity contribution >= 4 is 184 Å². The van der Waals surface area contributed by atoms with E-state index in [9.17, 15) is 0 Å². The predicted octanol–water partition coefficient (Wildman–Crippen LogP) is 18.1. The number of benzene rings is 10. The van der Waals surface area contributed by atoms with Crippen LogP contribution in [0, 0.1) is 0 Å². The molecule has 0 N–H and O–H groups in total. The van der Waals surface area contributed by atoms with E-state index in [1.165, 1.54) is 62.1 Å². The Morgan fingerprint density at radius 3 is 1.73 bits per heavy atom. The van der Waals surface area contributed by atoms with Crippen molar-refractivity contribution in [1.82, 2.24) is 18.8 Å². The number of imidazole rings is 2. The molecule has 8 heterocycles. The third kappa shape index (κ3) is 4.45. The summed E-state index contributed by atoms with van der Waals surface area (Å²) in [5.74, 6) is 0. The highest BCUT2D eigenvalue weighted by Gasteiger charge is 2.25. The third-order valence-corrected chi connectivity index (χ3v) is 17.6. The Labute approximate surface area is 402 Å². The summed E-state index contributed by atoms with van der Waals surface area (Å²) in [5.41, 5.74) is 13.9. The number of rotatable bonds is 1. The van der Waals surface area contributed by atoms with E-state index in [0.717, 1.165) is 110 Å². The first-order valence-electron chi connectivity index (χ1n) is 23.5. The minimum Gasteiger partial charge on any atom is -0.456 e. The highest BCUT2D eigenvalue weighted by Crippen LogP contribution is 2.50. The topological polar surface area (TPSA) is 60.9 Å². The van der Waals surface area contributed by atoms with Crippen LogP contribution >= 0.6 is 22.7 Å². The molecule has 18 rings (SSSR count). The Balaban J connectivity index is 0.997. The molecule has 0 aliphatic rings. The summed E-state index contributed by atoms with van der Waals surface area (Å²) in [4.78, 5) is 11.2. The van der Waals surface area contributed by atoms with E-state index in [1.807, 2.05) is 34.8 Å². The molecule has 0 aliphatic carbocycles. The lowest BCUT2D eigenvalue weighted by molar-refractivity contribution is 0.669. The van der Waals surface area contributed by atoms with E-state index in [2.05, 4.69) is 179 Å². The van der Waals surface area contributed by atoms with Crippen molar-refractivity contribution in [3.63, 3.8) is 0 Å². The molecule has 0 aliphatic heterocycles. The first-order valence-corrected chi connectivity index (χ1v) is 25.2. The van der Waals surface area contributed by atoms with Crippen LogP contribution in [0.15, 0.2) is 191 Å². The maximum Gasteiger partial charge on any atom is 0.147 e. The minimum absolute atomic E-state index is 0.866. The molecule has 10 aromatic carbocycles. The van der Waals surface area contributed by atoms with E-state index in [4.69, 9.17) is 18.8 Å². The average Bonchev–Trinajstić information content (AvgIpc) is 4.27. The van der Waals surface area contributed by atoms with Gasteiger partial charge in [0.2, 0.25) is 0 Å². The standard InChI is InChI=1S/C62H30N4O2S2/c1-7-17-49-32(11-1)40-27-38-34-22-24-55-56(35-13-3-9-19-53(35)69-55)58(34)61-64-44-25-31(21-23-46(44)66(61)48(38)30-52(40)68-49)37-26-42-39-29-51-41(33-12-2-8-18-50(33)67-51)28-47(39)65-45-16-6-5-15-43(45)63-62(65)59(42)57-36-14-4-10-20-54(36)70-60(37)57/h1-30H. The number of fused-ring (bicyclic) bond motifs is 30. The largest absolute Gasteiger partial charge is 0.456 e. The first kappa shape index (κ1) is 36.3. The number of thiophene rings is 2. The summed E-state index contributed by atoms with van der Waals surface area (Å²) < 4.78 is 23.0. The van der Waals surface area contributed by atoms with Crippen molar-refractivity contribution in [2.45, 2.75) is 0 Å². The smallest absolute Gasteiger partial charge is 0.147 e. The van der Waals surface area contributed by atoms with Gasteiger partial charge >= 0.3 is 0 Å². The molecule has 0 amide bonds. The van der Waals surface area contributed by atoms with Crippen LogP contribution in [0.1, 0.15) is 0 Å². The fourth-order valence-electron chi connectivity index (χ4n) is 12.3. The van der Waals surface area contributed by atoms with Crippen LogP contribution in [0.3, 0.4) is 0 Å². The van der Waals surface area contributed by atoms with E-state index in [0.29, 0.717) is 0 Å². The molecule has 0 radical (unpaired) electrons. The number of aromatic nitrogens is 4. The zero-order valence-electron chi connectivity index (χ0n) is 36.7. The number of furan rings is 2. The molecule has 8 heteroatoms. The molecule has 8 aromatic heterocycles. The second kappa shape index (κ2) is 12.6. The van der Waals surface area contributed by atoms with Crippen molar-refractivity contribution in [2.24, 2.45) is 0 Å². The summed E-state index contributed by atoms with van der Waals surface area (Å²) in [6, 6.07) is 66.0. The lowest BCUT2D eigenvalue weighted by Crippen LogP contribution is -1.93. The van der Waals surface area contributed by atoms with Gasteiger partial charge in [0.25, 0.3) is 0 Å². The van der Waals surface area contributed by atoms with Gasteiger partial charge in [-0.1, -0.05) is 97.1 Å². The average molecular weight is 927 g/mol. The molecule has 0 atom stereocenters. The molecular weight excluding hydrogens is 897 g/mol. The van der Waals surface area contributed by atoms with Gasteiger partial charge in [0, 0.05) is 95.1 Å². The SMILES string of the molecule is c1ccc2c(c1)nc1c3c(cc(-c4ccc5c(c4)nc4c6c(ccc7sc8ccccc8c76)c6cc7c(cc6n54)oc4ccccc47)c4sc5ccccc5c43)c3cc4oc5ccccc5c4cc3n21. The van der Waals surface area contributed by atoms with E-state index in [-0.39, 0.29) is 0 Å². The fraction of sp³-hybridized carbons (Fsp3) is 0. The molecule has 0 fully saturated rings. The van der Waals surface area contributed by atoms with Crippen LogP contribution in [0.25, 0.3) is 172 Å². The Kier molecular flexibility index (Phi) is 6.54. The second-order valence-corrected chi connectivity index (χ2v) is 20.9. The van der Waals surface area contributed by atoms with Crippen molar-refractivity contribution in [1.29, 1.82) is 0 Å². The van der Waals surface area contributed by atoms with Crippen LogP contribution in [0.2, 0.25) is 0 Å². The van der Waals surface area contributed by atoms with Crippen molar-refractivity contribution in [2.75, 3.05) is 0 Å². The molecule has 0 unspecified atom stereocenters. The Bertz CT molecular complexity index is 5450. The van der Waals surface area contributed by atoms with Gasteiger partial charge in [-0.3, -0.25) is 8.80 Å². The molecule has 322 valence electrons. The van der Waals surface area contributed by atoms with Gasteiger partial charge in [-0.25, -0.2) is 9.97 Å². The first-order chi connectivity index (χ1) is 34.7. The fourth-order valence-corrected chi connectivity index (χ4v) is 14.6. The van der Waals surface area contributed by atoms with Gasteiger partial charge in [0.1, 0.15) is 33.6 Å². The highest BCUT2D eigenvalue weighted by atomic mass is 32.1. The normalized spacial score (nSPS) is 12.9. The van der Waals surface area contributed by atoms with Gasteiger partial charge in [-0.15, -0.1) is 22.7 Å². The molecule has 18 aromatic rings. The van der Waals surface area contributed by atoms with Crippen LogP contribution in [0.4, 0.5) is 0 Å². The number of nitrogens with zero attached hydrogens (tertiary/aromatic N) is 4. The van der Waals surface area contributed by atoms with Crippen LogP contribution in [0.5, 0.6) is 0 Å². The number of hydrogen-bond acceptors (Lipinski definition) is 6. The zero-order chi connectivity index (χ0) is 45.1. The van der Waals surface area contributed by atoms with Gasteiger partial charge < -0.3 is 8.83 Å². The van der Waals surface area contributed by atoms with Crippen LogP contribution in [-0.2, 0) is 0 Å². The predicted molar refractivity (Wildman–Crippen MR) is 295 cm³/mol. The van der Waals surface area contributed by atoms with Gasteiger partial charge in [-0.2, -0.15) is 0 Å². The van der Waals surface area contributed by atoms with Crippen molar-refractivity contribution < 1.29 is 8.83 Å². The molecule has 0 bridgehead atoms. The highest BCUT2D eigenvalue weighted by molar-refractivity contribution is 7.26. The third-order valence-electron chi connectivity index (χ3n) is 15.2. The maximum absolute atomic E-state index is 6.63. The van der Waals surface area contributed by atoms with Crippen molar-refractivity contribution in [3.8, 4) is 11.1 Å². The number of pyridine rings is 2. The van der Waals surface area contributed by atoms with Crippen LogP contribution < -0.4 is 0 Å². The van der Waals surface area contributed by atoms with Crippen LogP contribution in [-0.4, -0.2) is 18.8 Å². The summed E-state index contributed by atoms with van der Waals surface area (Å²) >= 11 is 3.70. The zero-order valence-corrected chi connectivity index (χ0v) is 38.4. The monoisotopic (exact) mass is 926 g/mol. The summed E-state index contributed by atoms with van der Waals surface area (Å²) in [5, 5.41) is 16.3. The quantitative estimate of drug-likeness (QED) is 0.154. The number of hydrogen-bond donors (Lipinski definition) is 0. The lowest BCUT2D eigenvalue weighted by Gasteiger charge is -2.14.